The maximum Gasteiger partial charge on any atom is 0.324 e. The van der Waals surface area contributed by atoms with Crippen LogP contribution in [0.5, 0.6) is 0 Å². The molecule has 0 spiro atoms. The molecule has 0 saturated carbocycles. The summed E-state index contributed by atoms with van der Waals surface area (Å²) in [5.74, 6) is -1.22. The fourth-order valence-corrected chi connectivity index (χ4v) is 2.37. The standard InChI is InChI=1S/C14H19NO4Si/c1-10(16)15(11(2)17)13-8-6-7-12(9-13)14(18)19-20(3,4)5/h6-9H,1-5H3. The highest BCUT2D eigenvalue weighted by Crippen LogP contribution is 2.18. The third-order valence-electron chi connectivity index (χ3n) is 2.37. The van der Waals surface area contributed by atoms with E-state index in [-0.39, 0.29) is 0 Å². The molecule has 0 heterocycles. The largest absolute Gasteiger partial charge is 0.516 e. The lowest BCUT2D eigenvalue weighted by Crippen LogP contribution is -2.33. The van der Waals surface area contributed by atoms with Crippen molar-refractivity contribution in [2.24, 2.45) is 0 Å². The Balaban J connectivity index is 3.10. The van der Waals surface area contributed by atoms with Crippen molar-refractivity contribution in [2.45, 2.75) is 33.5 Å². The molecule has 0 aromatic heterocycles. The number of nitrogens with zero attached hydrogens (tertiary/aromatic N) is 1. The number of carbonyl (C=O) groups excluding carboxylic acids is 3. The third-order valence-corrected chi connectivity index (χ3v) is 3.17. The first-order chi connectivity index (χ1) is 9.11. The third kappa shape index (κ3) is 4.31. The van der Waals surface area contributed by atoms with Crippen LogP contribution < -0.4 is 4.90 Å². The number of carbonyl (C=O) groups is 3. The van der Waals surface area contributed by atoms with Crippen LogP contribution in [0.2, 0.25) is 19.6 Å². The first-order valence-corrected chi connectivity index (χ1v) is 9.67. The highest BCUT2D eigenvalue weighted by Gasteiger charge is 2.22. The fraction of sp³-hybridized carbons (Fsp3) is 0.357. The van der Waals surface area contributed by atoms with Crippen LogP contribution in [0.25, 0.3) is 0 Å². The molecule has 1 aromatic carbocycles. The molecule has 0 bridgehead atoms. The second-order valence-corrected chi connectivity index (χ2v) is 9.85. The molecule has 6 heteroatoms. The van der Waals surface area contributed by atoms with Gasteiger partial charge in [0.1, 0.15) is 0 Å². The zero-order valence-corrected chi connectivity index (χ0v) is 13.4. The molecule has 108 valence electrons. The average Bonchev–Trinajstić information content (AvgIpc) is 2.26. The zero-order valence-electron chi connectivity index (χ0n) is 12.4. The van der Waals surface area contributed by atoms with Gasteiger partial charge in [0, 0.05) is 13.8 Å². The first kappa shape index (κ1) is 16.1. The second-order valence-electron chi connectivity index (χ2n) is 5.43. The Kier molecular flexibility index (Phi) is 4.83. The normalized spacial score (nSPS) is 10.8. The summed E-state index contributed by atoms with van der Waals surface area (Å²) in [6, 6.07) is 6.32. The number of imide groups is 1. The molecule has 0 fully saturated rings. The molecule has 0 radical (unpaired) electrons. The van der Waals surface area contributed by atoms with Gasteiger partial charge in [-0.25, -0.2) is 4.79 Å². The van der Waals surface area contributed by atoms with Gasteiger partial charge in [0.05, 0.1) is 11.3 Å². The molecular weight excluding hydrogens is 274 g/mol. The number of rotatable bonds is 3. The zero-order chi connectivity index (χ0) is 15.5. The fourth-order valence-electron chi connectivity index (χ4n) is 1.69. The molecular formula is C14H19NO4Si. The van der Waals surface area contributed by atoms with E-state index in [1.54, 1.807) is 18.2 Å². The van der Waals surface area contributed by atoms with Gasteiger partial charge in [-0.1, -0.05) is 6.07 Å². The van der Waals surface area contributed by atoms with E-state index in [0.29, 0.717) is 11.3 Å². The lowest BCUT2D eigenvalue weighted by Gasteiger charge is -2.20. The van der Waals surface area contributed by atoms with Gasteiger partial charge >= 0.3 is 5.97 Å². The van der Waals surface area contributed by atoms with E-state index in [4.69, 9.17) is 4.43 Å². The van der Waals surface area contributed by atoms with Crippen LogP contribution in [0.1, 0.15) is 24.2 Å². The van der Waals surface area contributed by atoms with Crippen LogP contribution in [0, 0.1) is 0 Å². The van der Waals surface area contributed by atoms with E-state index in [1.165, 1.54) is 19.9 Å². The van der Waals surface area contributed by atoms with E-state index in [1.807, 2.05) is 19.6 Å². The average molecular weight is 293 g/mol. The Morgan fingerprint density at radius 1 is 1.05 bits per heavy atom. The number of benzene rings is 1. The molecule has 1 rings (SSSR count). The lowest BCUT2D eigenvalue weighted by atomic mass is 10.2. The number of hydrogen-bond acceptors (Lipinski definition) is 4. The number of amides is 2. The summed E-state index contributed by atoms with van der Waals surface area (Å²) in [6.45, 7) is 8.33. The Labute approximate surface area is 119 Å². The molecule has 1 aromatic rings. The van der Waals surface area contributed by atoms with E-state index in [9.17, 15) is 14.4 Å². The summed E-state index contributed by atoms with van der Waals surface area (Å²) >= 11 is 0. The van der Waals surface area contributed by atoms with Gasteiger partial charge < -0.3 is 4.43 Å². The van der Waals surface area contributed by atoms with Crippen molar-refractivity contribution in [3.63, 3.8) is 0 Å². The van der Waals surface area contributed by atoms with Crippen molar-refractivity contribution >= 4 is 31.8 Å². The van der Waals surface area contributed by atoms with Gasteiger partial charge in [-0.15, -0.1) is 0 Å². The van der Waals surface area contributed by atoms with Crippen LogP contribution >= 0.6 is 0 Å². The summed E-state index contributed by atoms with van der Waals surface area (Å²) in [5, 5.41) is 0. The van der Waals surface area contributed by atoms with Gasteiger partial charge in [0.25, 0.3) is 0 Å². The van der Waals surface area contributed by atoms with Crippen molar-refractivity contribution in [3.8, 4) is 0 Å². The molecule has 0 saturated heterocycles. The van der Waals surface area contributed by atoms with Gasteiger partial charge in [0.2, 0.25) is 20.1 Å². The Bertz CT molecular complexity index is 534. The molecule has 0 aliphatic rings. The second kappa shape index (κ2) is 6.00. The Hall–Kier alpha value is -1.95. The first-order valence-electron chi connectivity index (χ1n) is 6.26. The maximum absolute atomic E-state index is 12.0. The molecule has 0 atom stereocenters. The van der Waals surface area contributed by atoms with Gasteiger partial charge in [-0.2, -0.15) is 0 Å². The summed E-state index contributed by atoms with van der Waals surface area (Å²) in [5.41, 5.74) is 0.701. The molecule has 0 aliphatic carbocycles. The van der Waals surface area contributed by atoms with Crippen LogP contribution in [-0.4, -0.2) is 26.1 Å². The van der Waals surface area contributed by atoms with Crippen LogP contribution in [-0.2, 0) is 14.0 Å². The quantitative estimate of drug-likeness (QED) is 0.804. The monoisotopic (exact) mass is 293 g/mol. The molecule has 20 heavy (non-hydrogen) atoms. The number of anilines is 1. The van der Waals surface area contributed by atoms with Crippen molar-refractivity contribution in [1.82, 2.24) is 0 Å². The summed E-state index contributed by atoms with van der Waals surface area (Å²) in [6.07, 6.45) is 0. The number of hydrogen-bond donors (Lipinski definition) is 0. The van der Waals surface area contributed by atoms with Crippen molar-refractivity contribution in [3.05, 3.63) is 29.8 Å². The minimum Gasteiger partial charge on any atom is -0.516 e. The predicted molar refractivity (Wildman–Crippen MR) is 79.0 cm³/mol. The molecule has 0 aliphatic heterocycles. The van der Waals surface area contributed by atoms with Crippen molar-refractivity contribution < 1.29 is 18.8 Å². The lowest BCUT2D eigenvalue weighted by molar-refractivity contribution is -0.124. The molecule has 0 unspecified atom stereocenters. The van der Waals surface area contributed by atoms with Crippen LogP contribution in [0.4, 0.5) is 5.69 Å². The van der Waals surface area contributed by atoms with Gasteiger partial charge in [-0.05, 0) is 37.8 Å². The Morgan fingerprint density at radius 3 is 2.05 bits per heavy atom. The van der Waals surface area contributed by atoms with Crippen molar-refractivity contribution in [1.29, 1.82) is 0 Å². The van der Waals surface area contributed by atoms with Crippen molar-refractivity contribution in [2.75, 3.05) is 4.90 Å². The van der Waals surface area contributed by atoms with Crippen LogP contribution in [0.3, 0.4) is 0 Å². The minimum absolute atomic E-state index is 0.331. The maximum atomic E-state index is 12.0. The predicted octanol–water partition coefficient (Wildman–Crippen LogP) is 2.58. The summed E-state index contributed by atoms with van der Waals surface area (Å²) in [7, 11) is -1.99. The highest BCUT2D eigenvalue weighted by molar-refractivity contribution is 6.71. The summed E-state index contributed by atoms with van der Waals surface area (Å²) < 4.78 is 5.39. The minimum atomic E-state index is -1.99. The van der Waals surface area contributed by atoms with E-state index >= 15 is 0 Å². The molecule has 0 N–H and O–H groups in total. The van der Waals surface area contributed by atoms with Crippen LogP contribution in [0.15, 0.2) is 24.3 Å². The van der Waals surface area contributed by atoms with E-state index < -0.39 is 26.1 Å². The van der Waals surface area contributed by atoms with Gasteiger partial charge in [-0.3, -0.25) is 14.5 Å². The van der Waals surface area contributed by atoms with E-state index in [0.717, 1.165) is 4.90 Å². The van der Waals surface area contributed by atoms with E-state index in [2.05, 4.69) is 0 Å². The van der Waals surface area contributed by atoms with Gasteiger partial charge in [0.15, 0.2) is 0 Å². The smallest absolute Gasteiger partial charge is 0.324 e. The molecule has 5 nitrogen and oxygen atoms in total. The topological polar surface area (TPSA) is 63.7 Å². The molecule has 2 amide bonds. The Morgan fingerprint density at radius 2 is 1.60 bits per heavy atom. The summed E-state index contributed by atoms with van der Waals surface area (Å²) in [4.78, 5) is 36.0. The highest BCUT2D eigenvalue weighted by atomic mass is 28.4. The SMILES string of the molecule is CC(=O)N(C(C)=O)c1cccc(C(=O)O[Si](C)(C)C)c1.